The van der Waals surface area contributed by atoms with E-state index in [1.165, 1.54) is 0 Å². The van der Waals surface area contributed by atoms with Gasteiger partial charge in [-0.15, -0.1) is 11.8 Å². The van der Waals surface area contributed by atoms with Crippen LogP contribution in [0.25, 0.3) is 0 Å². The van der Waals surface area contributed by atoms with Gasteiger partial charge in [-0.1, -0.05) is 15.9 Å². The number of thioether (sulfide) groups is 1. The van der Waals surface area contributed by atoms with Crippen molar-refractivity contribution in [1.29, 1.82) is 0 Å². The highest BCUT2D eigenvalue weighted by Gasteiger charge is 2.28. The average Bonchev–Trinajstić information content (AvgIpc) is 2.87. The van der Waals surface area contributed by atoms with Crippen LogP contribution in [-0.2, 0) is 4.79 Å². The molecule has 2 rings (SSSR count). The van der Waals surface area contributed by atoms with Gasteiger partial charge < -0.3 is 10.0 Å². The smallest absolute Gasteiger partial charge is 0.232 e. The third-order valence-electron chi connectivity index (χ3n) is 3.44. The highest BCUT2D eigenvalue weighted by atomic mass is 79.9. The predicted molar refractivity (Wildman–Crippen MR) is 81.2 cm³/mol. The number of aliphatic hydroxyl groups excluding tert-OH is 1. The zero-order valence-electron chi connectivity index (χ0n) is 10.9. The van der Waals surface area contributed by atoms with E-state index >= 15 is 0 Å². The van der Waals surface area contributed by atoms with Crippen molar-refractivity contribution in [2.45, 2.75) is 24.3 Å². The van der Waals surface area contributed by atoms with Crippen LogP contribution in [0.3, 0.4) is 0 Å². The number of halogens is 1. The molecule has 0 aliphatic carbocycles. The van der Waals surface area contributed by atoms with Gasteiger partial charge in [-0.05, 0) is 37.6 Å². The molecule has 1 saturated heterocycles. The number of rotatable bonds is 4. The molecule has 2 atom stereocenters. The summed E-state index contributed by atoms with van der Waals surface area (Å²) in [6.45, 7) is 3.27. The molecule has 1 amide bonds. The lowest BCUT2D eigenvalue weighted by molar-refractivity contribution is -0.127. The number of amides is 1. The third-order valence-corrected chi connectivity index (χ3v) is 4.96. The minimum absolute atomic E-state index is 0.163. The highest BCUT2D eigenvalue weighted by molar-refractivity contribution is 9.10. The van der Waals surface area contributed by atoms with Crippen molar-refractivity contribution in [1.82, 2.24) is 4.90 Å². The topological polar surface area (TPSA) is 40.5 Å². The molecule has 0 bridgehead atoms. The molecule has 104 valence electrons. The van der Waals surface area contributed by atoms with E-state index in [4.69, 9.17) is 0 Å². The lowest BCUT2D eigenvalue weighted by Crippen LogP contribution is -2.31. The van der Waals surface area contributed by atoms with Gasteiger partial charge in [-0.25, -0.2) is 0 Å². The molecule has 3 nitrogen and oxygen atoms in total. The second-order valence-corrected chi connectivity index (χ2v) is 6.84. The Morgan fingerprint density at radius 1 is 1.53 bits per heavy atom. The fourth-order valence-corrected chi connectivity index (χ4v) is 3.24. The molecule has 19 heavy (non-hydrogen) atoms. The third kappa shape index (κ3) is 4.23. The van der Waals surface area contributed by atoms with Crippen molar-refractivity contribution < 1.29 is 9.90 Å². The minimum atomic E-state index is -0.322. The Bertz CT molecular complexity index is 436. The Morgan fingerprint density at radius 2 is 2.21 bits per heavy atom. The van der Waals surface area contributed by atoms with Gasteiger partial charge in [0.2, 0.25) is 5.91 Å². The van der Waals surface area contributed by atoms with Crippen molar-refractivity contribution >= 4 is 33.6 Å². The summed E-state index contributed by atoms with van der Waals surface area (Å²) >= 11 is 4.95. The monoisotopic (exact) mass is 343 g/mol. The number of benzene rings is 1. The second-order valence-electron chi connectivity index (χ2n) is 4.87. The van der Waals surface area contributed by atoms with Gasteiger partial charge in [-0.2, -0.15) is 0 Å². The highest BCUT2D eigenvalue weighted by Crippen LogP contribution is 2.24. The van der Waals surface area contributed by atoms with Crippen LogP contribution in [0.15, 0.2) is 33.6 Å². The summed E-state index contributed by atoms with van der Waals surface area (Å²) in [6.07, 6.45) is 0.587. The van der Waals surface area contributed by atoms with Crippen molar-refractivity contribution in [3.63, 3.8) is 0 Å². The predicted octanol–water partition coefficient (Wildman–Crippen LogP) is 2.77. The van der Waals surface area contributed by atoms with E-state index in [9.17, 15) is 9.90 Å². The number of aliphatic hydroxyl groups is 1. The molecule has 2 unspecified atom stereocenters. The fourth-order valence-electron chi connectivity index (χ4n) is 2.17. The van der Waals surface area contributed by atoms with Crippen molar-refractivity contribution in [2.75, 3.05) is 18.8 Å². The maximum absolute atomic E-state index is 12.1. The van der Waals surface area contributed by atoms with Gasteiger partial charge in [-0.3, -0.25) is 4.79 Å². The molecule has 1 aromatic rings. The number of likely N-dealkylation sites (tertiary alicyclic amines) is 1. The Labute approximate surface area is 126 Å². The molecule has 1 heterocycles. The lowest BCUT2D eigenvalue weighted by Gasteiger charge is -2.17. The molecule has 0 radical (unpaired) electrons. The Morgan fingerprint density at radius 3 is 2.79 bits per heavy atom. The summed E-state index contributed by atoms with van der Waals surface area (Å²) in [5, 5.41) is 9.54. The van der Waals surface area contributed by atoms with Gasteiger partial charge in [0.15, 0.2) is 0 Å². The molecule has 0 spiro atoms. The first-order valence-corrected chi connectivity index (χ1v) is 8.18. The van der Waals surface area contributed by atoms with Crippen molar-refractivity contribution in [3.05, 3.63) is 28.7 Å². The van der Waals surface area contributed by atoms with E-state index in [-0.39, 0.29) is 17.9 Å². The first kappa shape index (κ1) is 14.9. The maximum atomic E-state index is 12.1. The van der Waals surface area contributed by atoms with Crippen LogP contribution < -0.4 is 0 Å². The molecule has 5 heteroatoms. The molecule has 0 saturated carbocycles. The zero-order valence-corrected chi connectivity index (χ0v) is 13.3. The van der Waals surface area contributed by atoms with Gasteiger partial charge >= 0.3 is 0 Å². The van der Waals surface area contributed by atoms with E-state index in [0.29, 0.717) is 12.3 Å². The summed E-state index contributed by atoms with van der Waals surface area (Å²) in [4.78, 5) is 15.0. The fraction of sp³-hybridized carbons (Fsp3) is 0.500. The summed E-state index contributed by atoms with van der Waals surface area (Å²) in [5.41, 5.74) is 0. The molecular formula is C14H18BrNO2S. The van der Waals surface area contributed by atoms with Crippen LogP contribution in [0.2, 0.25) is 0 Å². The van der Waals surface area contributed by atoms with Crippen LogP contribution in [-0.4, -0.2) is 40.9 Å². The van der Waals surface area contributed by atoms with E-state index in [0.717, 1.165) is 22.3 Å². The van der Waals surface area contributed by atoms with Crippen LogP contribution in [0.1, 0.15) is 13.3 Å². The average molecular weight is 344 g/mol. The molecule has 1 aromatic carbocycles. The van der Waals surface area contributed by atoms with E-state index in [1.54, 1.807) is 18.7 Å². The Hall–Kier alpha value is -0.520. The van der Waals surface area contributed by atoms with Gasteiger partial charge in [0.05, 0.1) is 11.9 Å². The summed E-state index contributed by atoms with van der Waals surface area (Å²) in [7, 11) is 0. The molecular weight excluding hydrogens is 326 g/mol. The Balaban J connectivity index is 1.80. The Kier molecular flexibility index (Phi) is 5.30. The largest absolute Gasteiger partial charge is 0.393 e. The number of carbonyl (C=O) groups excluding carboxylic acids is 1. The van der Waals surface area contributed by atoms with Gasteiger partial charge in [0.25, 0.3) is 0 Å². The summed E-state index contributed by atoms with van der Waals surface area (Å²) < 4.78 is 1.04. The summed E-state index contributed by atoms with van der Waals surface area (Å²) in [5.74, 6) is 0.867. The SMILES string of the molecule is CC(O)C1CCN(C(=O)CSc2ccc(Br)cc2)C1. The normalized spacial score (nSPS) is 20.6. The second kappa shape index (κ2) is 6.77. The van der Waals surface area contributed by atoms with Crippen molar-refractivity contribution in [2.24, 2.45) is 5.92 Å². The maximum Gasteiger partial charge on any atom is 0.232 e. The quantitative estimate of drug-likeness (QED) is 0.854. The molecule has 1 N–H and O–H groups in total. The molecule has 0 aromatic heterocycles. The minimum Gasteiger partial charge on any atom is -0.393 e. The molecule has 1 fully saturated rings. The van der Waals surface area contributed by atoms with E-state index in [2.05, 4.69) is 15.9 Å². The summed E-state index contributed by atoms with van der Waals surface area (Å²) in [6, 6.07) is 7.97. The standard InChI is InChI=1S/C14H18BrNO2S/c1-10(17)11-6-7-16(8-11)14(18)9-19-13-4-2-12(15)3-5-13/h2-5,10-11,17H,6-9H2,1H3. The number of carbonyl (C=O) groups is 1. The first-order valence-electron chi connectivity index (χ1n) is 6.40. The lowest BCUT2D eigenvalue weighted by atomic mass is 10.0. The van der Waals surface area contributed by atoms with E-state index in [1.807, 2.05) is 29.2 Å². The van der Waals surface area contributed by atoms with Gasteiger partial charge in [0.1, 0.15) is 0 Å². The zero-order chi connectivity index (χ0) is 13.8. The van der Waals surface area contributed by atoms with E-state index < -0.39 is 0 Å². The van der Waals surface area contributed by atoms with Crippen LogP contribution >= 0.6 is 27.7 Å². The van der Waals surface area contributed by atoms with Crippen molar-refractivity contribution in [3.8, 4) is 0 Å². The van der Waals surface area contributed by atoms with Crippen LogP contribution in [0, 0.1) is 5.92 Å². The molecule has 1 aliphatic heterocycles. The van der Waals surface area contributed by atoms with Crippen LogP contribution in [0.5, 0.6) is 0 Å². The number of hydrogen-bond acceptors (Lipinski definition) is 3. The van der Waals surface area contributed by atoms with Crippen LogP contribution in [0.4, 0.5) is 0 Å². The molecule has 1 aliphatic rings. The van der Waals surface area contributed by atoms with Gasteiger partial charge in [0, 0.05) is 28.4 Å². The number of hydrogen-bond donors (Lipinski definition) is 1. The number of nitrogens with zero attached hydrogens (tertiary/aromatic N) is 1. The first-order chi connectivity index (χ1) is 9.06.